The van der Waals surface area contributed by atoms with Gasteiger partial charge >= 0.3 is 17.9 Å². The van der Waals surface area contributed by atoms with Crippen molar-refractivity contribution < 1.29 is 58.5 Å². The number of carbonyl (C=O) groups excluding carboxylic acids is 6. The molecule has 1 saturated heterocycles. The van der Waals surface area contributed by atoms with Crippen LogP contribution >= 0.6 is 12.6 Å². The smallest absolute Gasteiger partial charge is 0.327 e. The molecule has 6 amide bonds. The van der Waals surface area contributed by atoms with Crippen LogP contribution in [0.4, 0.5) is 0 Å². The molecule has 1 rings (SSSR count). The maximum atomic E-state index is 13.7. The zero-order chi connectivity index (χ0) is 36.9. The van der Waals surface area contributed by atoms with Crippen LogP contribution in [0.25, 0.3) is 0 Å². The van der Waals surface area contributed by atoms with E-state index < -0.39 is 114 Å². The number of likely N-dealkylation sites (tertiary alicyclic amines) is 1. The largest absolute Gasteiger partial charge is 0.481 e. The molecule has 48 heavy (non-hydrogen) atoms. The van der Waals surface area contributed by atoms with Gasteiger partial charge in [-0.05, 0) is 24.7 Å². The lowest BCUT2D eigenvalue weighted by molar-refractivity contribution is -0.145. The zero-order valence-electron chi connectivity index (χ0n) is 27.5. The van der Waals surface area contributed by atoms with Crippen molar-refractivity contribution in [2.45, 2.75) is 103 Å². The highest BCUT2D eigenvalue weighted by Crippen LogP contribution is 2.21. The summed E-state index contributed by atoms with van der Waals surface area (Å²) in [6.07, 6.45) is -0.772. The second-order valence-electron chi connectivity index (χ2n) is 11.9. The van der Waals surface area contributed by atoms with Gasteiger partial charge in [-0.3, -0.25) is 38.4 Å². The summed E-state index contributed by atoms with van der Waals surface area (Å²) >= 11 is 3.94. The number of hydrogen-bond acceptors (Lipinski definition) is 10. The molecule has 0 spiro atoms. The van der Waals surface area contributed by atoms with E-state index in [1.807, 2.05) is 0 Å². The second-order valence-corrected chi connectivity index (χ2v) is 12.2. The van der Waals surface area contributed by atoms with Gasteiger partial charge in [-0.15, -0.1) is 0 Å². The maximum Gasteiger partial charge on any atom is 0.327 e. The maximum absolute atomic E-state index is 13.7. The quantitative estimate of drug-likeness (QED) is 0.0667. The van der Waals surface area contributed by atoms with Crippen molar-refractivity contribution in [3.05, 3.63) is 0 Å². The number of hydrogen-bond donors (Lipinski definition) is 9. The molecule has 0 aromatic rings. The Labute approximate surface area is 282 Å². The SMILES string of the molecule is CC[C@H](C)[C@H](NC(=O)[C@@H](CC(=O)O)NC(=O)[C@H](CC(=O)O)NC(C)=O)C(=O)N[C@H](C(=O)N1CCC[C@H]1C(=O)N[C@@H](CS)C(=O)O)C(C)C. The van der Waals surface area contributed by atoms with Gasteiger partial charge in [-0.1, -0.05) is 34.1 Å². The van der Waals surface area contributed by atoms with Crippen LogP contribution in [0.5, 0.6) is 0 Å². The van der Waals surface area contributed by atoms with E-state index in [1.165, 1.54) is 4.90 Å². The Hall–Kier alpha value is -4.42. The summed E-state index contributed by atoms with van der Waals surface area (Å²) in [5.74, 6) is -10.6. The molecule has 8 N–H and O–H groups in total. The van der Waals surface area contributed by atoms with Crippen molar-refractivity contribution in [1.82, 2.24) is 31.5 Å². The average Bonchev–Trinajstić information content (AvgIpc) is 3.48. The van der Waals surface area contributed by atoms with Gasteiger partial charge in [-0.2, -0.15) is 12.6 Å². The number of nitrogens with one attached hydrogen (secondary N) is 5. The molecule has 7 atom stereocenters. The molecule has 0 aromatic carbocycles. The standard InChI is InChI=1S/C29H46N6O12S/c1-6-14(4)23(34-25(42)17(11-21(39)40)31-24(41)16(10-20(37)38)30-15(5)36)27(44)33-22(13(2)3)28(45)35-9-7-8-19(35)26(43)32-18(12-48)29(46)47/h13-14,16-19,22-23,48H,6-12H2,1-5H3,(H,30,36)(H,31,41)(H,32,43)(H,33,44)(H,34,42)(H,37,38)(H,39,40)(H,46,47)/t14-,16-,17+,18-,19-,22-,23-/m0/s1. The highest BCUT2D eigenvalue weighted by atomic mass is 32.1. The molecule has 1 aliphatic heterocycles. The molecule has 1 heterocycles. The zero-order valence-corrected chi connectivity index (χ0v) is 28.4. The lowest BCUT2D eigenvalue weighted by Gasteiger charge is -2.33. The molecule has 0 aromatic heterocycles. The number of rotatable bonds is 19. The fourth-order valence-electron chi connectivity index (χ4n) is 4.93. The minimum atomic E-state index is -1.78. The lowest BCUT2D eigenvalue weighted by Crippen LogP contribution is -2.61. The highest BCUT2D eigenvalue weighted by molar-refractivity contribution is 7.80. The molecule has 1 aliphatic rings. The van der Waals surface area contributed by atoms with Crippen molar-refractivity contribution >= 4 is 66.0 Å². The summed E-state index contributed by atoms with van der Waals surface area (Å²) in [5.41, 5.74) is 0. The molecule has 0 bridgehead atoms. The third-order valence-electron chi connectivity index (χ3n) is 7.74. The first-order chi connectivity index (χ1) is 22.3. The number of nitrogens with zero attached hydrogens (tertiary/aromatic N) is 1. The Morgan fingerprint density at radius 1 is 0.750 bits per heavy atom. The third kappa shape index (κ3) is 12.6. The summed E-state index contributed by atoms with van der Waals surface area (Å²) in [6, 6.07) is -8.19. The predicted molar refractivity (Wildman–Crippen MR) is 170 cm³/mol. The minimum absolute atomic E-state index is 0.165. The molecular formula is C29H46N6O12S. The molecule has 18 nitrogen and oxygen atoms in total. The number of amides is 6. The predicted octanol–water partition coefficient (Wildman–Crippen LogP) is -1.91. The van der Waals surface area contributed by atoms with Crippen LogP contribution in [0, 0.1) is 11.8 Å². The van der Waals surface area contributed by atoms with Gasteiger partial charge < -0.3 is 46.8 Å². The van der Waals surface area contributed by atoms with Crippen molar-refractivity contribution in [2.75, 3.05) is 12.3 Å². The Kier molecular flexibility index (Phi) is 16.8. The highest BCUT2D eigenvalue weighted by Gasteiger charge is 2.41. The first kappa shape index (κ1) is 41.6. The van der Waals surface area contributed by atoms with Crippen molar-refractivity contribution in [3.63, 3.8) is 0 Å². The third-order valence-corrected chi connectivity index (χ3v) is 8.11. The fraction of sp³-hybridized carbons (Fsp3) is 0.690. The molecule has 270 valence electrons. The summed E-state index contributed by atoms with van der Waals surface area (Å²) in [7, 11) is 0. The number of aliphatic carboxylic acids is 3. The van der Waals surface area contributed by atoms with Crippen LogP contribution in [0.1, 0.15) is 66.7 Å². The van der Waals surface area contributed by atoms with Gasteiger partial charge in [0.2, 0.25) is 35.4 Å². The van der Waals surface area contributed by atoms with E-state index in [0.717, 1.165) is 6.92 Å². The van der Waals surface area contributed by atoms with Crippen LogP contribution < -0.4 is 26.6 Å². The van der Waals surface area contributed by atoms with Crippen LogP contribution in [-0.4, -0.2) is 122 Å². The molecule has 0 unspecified atom stereocenters. The molecule has 19 heteroatoms. The number of thiol groups is 1. The molecule has 0 aliphatic carbocycles. The summed E-state index contributed by atoms with van der Waals surface area (Å²) < 4.78 is 0. The minimum Gasteiger partial charge on any atom is -0.481 e. The van der Waals surface area contributed by atoms with E-state index >= 15 is 0 Å². The van der Waals surface area contributed by atoms with Gasteiger partial charge in [0.15, 0.2) is 0 Å². The van der Waals surface area contributed by atoms with E-state index in [-0.39, 0.29) is 18.7 Å². The first-order valence-electron chi connectivity index (χ1n) is 15.4. The summed E-state index contributed by atoms with van der Waals surface area (Å²) in [4.78, 5) is 113. The Morgan fingerprint density at radius 2 is 1.27 bits per heavy atom. The average molecular weight is 703 g/mol. The number of carboxylic acids is 3. The van der Waals surface area contributed by atoms with E-state index in [1.54, 1.807) is 27.7 Å². The summed E-state index contributed by atoms with van der Waals surface area (Å²) in [6.45, 7) is 7.82. The second kappa shape index (κ2) is 19.4. The Morgan fingerprint density at radius 3 is 1.73 bits per heavy atom. The van der Waals surface area contributed by atoms with Crippen LogP contribution in [0.2, 0.25) is 0 Å². The van der Waals surface area contributed by atoms with E-state index in [2.05, 4.69) is 39.2 Å². The van der Waals surface area contributed by atoms with Crippen LogP contribution in [0.15, 0.2) is 0 Å². The Balaban J connectivity index is 3.23. The van der Waals surface area contributed by atoms with Crippen molar-refractivity contribution in [2.24, 2.45) is 11.8 Å². The Bertz CT molecular complexity index is 1230. The van der Waals surface area contributed by atoms with E-state index in [4.69, 9.17) is 5.11 Å². The number of carboxylic acid groups (broad SMARTS) is 3. The molecule has 0 saturated carbocycles. The fourth-order valence-corrected chi connectivity index (χ4v) is 5.18. The first-order valence-corrected chi connectivity index (χ1v) is 16.0. The van der Waals surface area contributed by atoms with Crippen LogP contribution in [-0.2, 0) is 43.2 Å². The van der Waals surface area contributed by atoms with E-state index in [0.29, 0.717) is 12.8 Å². The number of carbonyl (C=O) groups is 9. The van der Waals surface area contributed by atoms with Gasteiger partial charge in [-0.25, -0.2) is 4.79 Å². The van der Waals surface area contributed by atoms with Gasteiger partial charge in [0.05, 0.1) is 12.8 Å². The molecular weight excluding hydrogens is 656 g/mol. The van der Waals surface area contributed by atoms with E-state index in [9.17, 15) is 53.4 Å². The monoisotopic (exact) mass is 702 g/mol. The van der Waals surface area contributed by atoms with Gasteiger partial charge in [0.1, 0.15) is 36.3 Å². The lowest BCUT2D eigenvalue weighted by atomic mass is 9.95. The topological polar surface area (TPSA) is 278 Å². The van der Waals surface area contributed by atoms with Crippen molar-refractivity contribution in [3.8, 4) is 0 Å². The molecule has 0 radical (unpaired) electrons. The van der Waals surface area contributed by atoms with Gasteiger partial charge in [0.25, 0.3) is 0 Å². The van der Waals surface area contributed by atoms with Crippen LogP contribution in [0.3, 0.4) is 0 Å². The van der Waals surface area contributed by atoms with Gasteiger partial charge in [0, 0.05) is 19.2 Å². The summed E-state index contributed by atoms with van der Waals surface area (Å²) in [5, 5.41) is 39.5. The normalized spacial score (nSPS) is 17.9. The van der Waals surface area contributed by atoms with Crippen molar-refractivity contribution in [1.29, 1.82) is 0 Å². The molecule has 1 fully saturated rings.